The summed E-state index contributed by atoms with van der Waals surface area (Å²) in [6, 6.07) is 1.78. The molecule has 0 spiro atoms. The third-order valence-corrected chi connectivity index (χ3v) is 2.35. The van der Waals surface area contributed by atoms with Gasteiger partial charge in [-0.2, -0.15) is 4.98 Å². The minimum atomic E-state index is -0.337. The van der Waals surface area contributed by atoms with Gasteiger partial charge in [0.05, 0.1) is 6.61 Å². The molecule has 2 unspecified atom stereocenters. The van der Waals surface area contributed by atoms with Gasteiger partial charge < -0.3 is 9.47 Å². The summed E-state index contributed by atoms with van der Waals surface area (Å²) in [7, 11) is 0. The van der Waals surface area contributed by atoms with Crippen LogP contribution < -0.4 is 5.69 Å². The highest BCUT2D eigenvalue weighted by Crippen LogP contribution is 2.20. The number of nitrogens with zero attached hydrogens (tertiary/aromatic N) is 2. The lowest BCUT2D eigenvalue weighted by Gasteiger charge is -2.12. The maximum atomic E-state index is 11.5. The Labute approximate surface area is 87.7 Å². The zero-order chi connectivity index (χ0) is 10.8. The molecule has 1 fully saturated rings. The SMILES string of the molecule is CCC1OCC(n2ccc(C)nc2=O)O1. The second-order valence-electron chi connectivity index (χ2n) is 3.52. The van der Waals surface area contributed by atoms with E-state index in [1.807, 2.05) is 6.92 Å². The van der Waals surface area contributed by atoms with E-state index in [4.69, 9.17) is 9.47 Å². The van der Waals surface area contributed by atoms with Gasteiger partial charge in [-0.3, -0.25) is 4.57 Å². The van der Waals surface area contributed by atoms with Gasteiger partial charge in [-0.05, 0) is 19.4 Å². The van der Waals surface area contributed by atoms with Crippen LogP contribution in [0.2, 0.25) is 0 Å². The van der Waals surface area contributed by atoms with Gasteiger partial charge in [0, 0.05) is 11.9 Å². The van der Waals surface area contributed by atoms with Crippen molar-refractivity contribution in [3.8, 4) is 0 Å². The van der Waals surface area contributed by atoms with Crippen molar-refractivity contribution in [3.63, 3.8) is 0 Å². The van der Waals surface area contributed by atoms with Gasteiger partial charge in [0.25, 0.3) is 0 Å². The van der Waals surface area contributed by atoms with Crippen LogP contribution in [0.4, 0.5) is 0 Å². The van der Waals surface area contributed by atoms with E-state index < -0.39 is 0 Å². The topological polar surface area (TPSA) is 53.4 Å². The minimum absolute atomic E-state index is 0.205. The molecule has 82 valence electrons. The monoisotopic (exact) mass is 210 g/mol. The van der Waals surface area contributed by atoms with Crippen LogP contribution in [0.25, 0.3) is 0 Å². The van der Waals surface area contributed by atoms with Crippen LogP contribution in [0.5, 0.6) is 0 Å². The maximum absolute atomic E-state index is 11.5. The highest BCUT2D eigenvalue weighted by Gasteiger charge is 2.26. The number of hydrogen-bond donors (Lipinski definition) is 0. The first kappa shape index (κ1) is 10.3. The molecule has 0 saturated carbocycles. The smallest absolute Gasteiger partial charge is 0.348 e. The summed E-state index contributed by atoms with van der Waals surface area (Å²) in [5.74, 6) is 0. The van der Waals surface area contributed by atoms with Gasteiger partial charge in [0.15, 0.2) is 12.5 Å². The fourth-order valence-electron chi connectivity index (χ4n) is 1.52. The van der Waals surface area contributed by atoms with Gasteiger partial charge in [-0.15, -0.1) is 0 Å². The second kappa shape index (κ2) is 4.12. The summed E-state index contributed by atoms with van der Waals surface area (Å²) >= 11 is 0. The molecule has 5 heteroatoms. The van der Waals surface area contributed by atoms with Crippen LogP contribution in [-0.4, -0.2) is 22.4 Å². The van der Waals surface area contributed by atoms with Crippen LogP contribution in [0.1, 0.15) is 25.3 Å². The molecule has 0 aromatic carbocycles. The highest BCUT2D eigenvalue weighted by molar-refractivity contribution is 4.96. The predicted molar refractivity (Wildman–Crippen MR) is 53.4 cm³/mol. The fraction of sp³-hybridized carbons (Fsp3) is 0.600. The molecule has 1 aromatic rings. The predicted octanol–water partition coefficient (Wildman–Crippen LogP) is 0.833. The van der Waals surface area contributed by atoms with Crippen molar-refractivity contribution in [1.29, 1.82) is 0 Å². The van der Waals surface area contributed by atoms with Gasteiger partial charge >= 0.3 is 5.69 Å². The van der Waals surface area contributed by atoms with E-state index in [2.05, 4.69) is 4.98 Å². The lowest BCUT2D eigenvalue weighted by Crippen LogP contribution is -2.28. The quantitative estimate of drug-likeness (QED) is 0.725. The number of aromatic nitrogens is 2. The number of hydrogen-bond acceptors (Lipinski definition) is 4. The zero-order valence-electron chi connectivity index (χ0n) is 8.84. The Hall–Kier alpha value is -1.20. The molecule has 15 heavy (non-hydrogen) atoms. The van der Waals surface area contributed by atoms with E-state index in [1.54, 1.807) is 19.2 Å². The average molecular weight is 210 g/mol. The Bertz CT molecular complexity index is 402. The van der Waals surface area contributed by atoms with Crippen LogP contribution in [0.3, 0.4) is 0 Å². The molecule has 1 aliphatic heterocycles. The molecular weight excluding hydrogens is 196 g/mol. The molecule has 0 radical (unpaired) electrons. The normalized spacial score (nSPS) is 25.7. The molecule has 1 aliphatic rings. The van der Waals surface area contributed by atoms with Crippen molar-refractivity contribution < 1.29 is 9.47 Å². The molecule has 0 N–H and O–H groups in total. The average Bonchev–Trinajstić information content (AvgIpc) is 2.66. The first-order valence-electron chi connectivity index (χ1n) is 5.03. The Balaban J connectivity index is 2.20. The molecular formula is C10H14N2O3. The molecule has 2 heterocycles. The minimum Gasteiger partial charge on any atom is -0.348 e. The van der Waals surface area contributed by atoms with Crippen molar-refractivity contribution in [2.75, 3.05) is 6.61 Å². The number of aryl methyl sites for hydroxylation is 1. The van der Waals surface area contributed by atoms with Crippen molar-refractivity contribution in [2.24, 2.45) is 0 Å². The fourth-order valence-corrected chi connectivity index (χ4v) is 1.52. The van der Waals surface area contributed by atoms with E-state index in [-0.39, 0.29) is 18.2 Å². The van der Waals surface area contributed by atoms with Gasteiger partial charge in [0.2, 0.25) is 0 Å². The van der Waals surface area contributed by atoms with Gasteiger partial charge in [-0.1, -0.05) is 6.92 Å². The van der Waals surface area contributed by atoms with Crippen molar-refractivity contribution in [1.82, 2.24) is 9.55 Å². The van der Waals surface area contributed by atoms with Crippen molar-refractivity contribution in [2.45, 2.75) is 32.8 Å². The second-order valence-corrected chi connectivity index (χ2v) is 3.52. The van der Waals surface area contributed by atoms with E-state index >= 15 is 0 Å². The lowest BCUT2D eigenvalue weighted by molar-refractivity contribution is -0.0731. The first-order valence-corrected chi connectivity index (χ1v) is 5.03. The van der Waals surface area contributed by atoms with Crippen molar-refractivity contribution >= 4 is 0 Å². The summed E-state index contributed by atoms with van der Waals surface area (Å²) < 4.78 is 12.3. The standard InChI is InChI=1S/C10H14N2O3/c1-3-9-14-6-8(15-9)12-5-4-7(2)11-10(12)13/h4-5,8-9H,3,6H2,1-2H3. The number of rotatable bonds is 2. The molecule has 0 amide bonds. The summed E-state index contributed by atoms with van der Waals surface area (Å²) in [4.78, 5) is 15.4. The Morgan fingerprint density at radius 1 is 1.67 bits per heavy atom. The molecule has 1 aromatic heterocycles. The van der Waals surface area contributed by atoms with E-state index in [0.29, 0.717) is 12.3 Å². The Kier molecular flexibility index (Phi) is 2.83. The van der Waals surface area contributed by atoms with Gasteiger partial charge in [0.1, 0.15) is 0 Å². The summed E-state index contributed by atoms with van der Waals surface area (Å²) in [5.41, 5.74) is 0.419. The lowest BCUT2D eigenvalue weighted by atomic mass is 10.4. The number of ether oxygens (including phenoxy) is 2. The Morgan fingerprint density at radius 2 is 2.47 bits per heavy atom. The van der Waals surface area contributed by atoms with E-state index in [1.165, 1.54) is 4.57 Å². The summed E-state index contributed by atoms with van der Waals surface area (Å²) in [6.45, 7) is 4.17. The van der Waals surface area contributed by atoms with E-state index in [9.17, 15) is 4.79 Å². The van der Waals surface area contributed by atoms with Crippen LogP contribution in [-0.2, 0) is 9.47 Å². The van der Waals surface area contributed by atoms with Crippen molar-refractivity contribution in [3.05, 3.63) is 28.4 Å². The third kappa shape index (κ3) is 2.08. The molecule has 1 saturated heterocycles. The van der Waals surface area contributed by atoms with Crippen LogP contribution >= 0.6 is 0 Å². The summed E-state index contributed by atoms with van der Waals surface area (Å²) in [5, 5.41) is 0. The molecule has 2 rings (SSSR count). The van der Waals surface area contributed by atoms with Crippen LogP contribution in [0.15, 0.2) is 17.1 Å². The third-order valence-electron chi connectivity index (χ3n) is 2.35. The van der Waals surface area contributed by atoms with Crippen LogP contribution in [0, 0.1) is 6.92 Å². The van der Waals surface area contributed by atoms with Gasteiger partial charge in [-0.25, -0.2) is 4.79 Å². The summed E-state index contributed by atoms with van der Waals surface area (Å²) in [6.07, 6.45) is 1.93. The molecule has 5 nitrogen and oxygen atoms in total. The first-order chi connectivity index (χ1) is 7.20. The molecule has 0 bridgehead atoms. The Morgan fingerprint density at radius 3 is 3.07 bits per heavy atom. The maximum Gasteiger partial charge on any atom is 0.349 e. The molecule has 2 atom stereocenters. The largest absolute Gasteiger partial charge is 0.349 e. The van der Waals surface area contributed by atoms with E-state index in [0.717, 1.165) is 6.42 Å². The zero-order valence-corrected chi connectivity index (χ0v) is 8.84. The highest BCUT2D eigenvalue weighted by atomic mass is 16.7. The molecule has 0 aliphatic carbocycles.